The molecule has 0 heteroatoms. The molecule has 0 bridgehead atoms. The molecule has 0 aliphatic carbocycles. The molecule has 0 aliphatic heterocycles. The Labute approximate surface area is 429 Å². The molecule has 0 unspecified atom stereocenters. The minimum atomic E-state index is 1.21. The van der Waals surface area contributed by atoms with Crippen LogP contribution in [0.4, 0.5) is 0 Å². The first-order chi connectivity index (χ1) is 36.8. The van der Waals surface area contributed by atoms with Gasteiger partial charge in [-0.3, -0.25) is 0 Å². The molecule has 342 valence electrons. The molecule has 0 heterocycles. The lowest BCUT2D eigenvalue weighted by molar-refractivity contribution is 1.63. The average molecular weight is 935 g/mol. The highest BCUT2D eigenvalue weighted by molar-refractivity contribution is 6.34. The van der Waals surface area contributed by atoms with Crippen LogP contribution in [0.5, 0.6) is 0 Å². The summed E-state index contributed by atoms with van der Waals surface area (Å²) in [4.78, 5) is 0. The molecule has 0 amide bonds. The zero-order chi connectivity index (χ0) is 48.7. The third-order valence-electron chi connectivity index (χ3n) is 15.8. The molecule has 15 aromatic carbocycles. The van der Waals surface area contributed by atoms with Gasteiger partial charge in [0.05, 0.1) is 0 Å². The largest absolute Gasteiger partial charge is 0.0622 e. The number of hydrogen-bond acceptors (Lipinski definition) is 0. The van der Waals surface area contributed by atoms with Gasteiger partial charge in [0.25, 0.3) is 0 Å². The fourth-order valence-electron chi connectivity index (χ4n) is 12.7. The van der Waals surface area contributed by atoms with Crippen molar-refractivity contribution in [3.63, 3.8) is 0 Å². The summed E-state index contributed by atoms with van der Waals surface area (Å²) in [5.74, 6) is 0. The predicted molar refractivity (Wildman–Crippen MR) is 319 cm³/mol. The van der Waals surface area contributed by atoms with Crippen molar-refractivity contribution >= 4 is 86.2 Å². The molecule has 0 spiro atoms. The van der Waals surface area contributed by atoms with Crippen molar-refractivity contribution in [2.45, 2.75) is 0 Å². The van der Waals surface area contributed by atoms with E-state index in [1.54, 1.807) is 0 Å². The van der Waals surface area contributed by atoms with Crippen LogP contribution in [-0.2, 0) is 0 Å². The first-order valence-corrected chi connectivity index (χ1v) is 25.7. The summed E-state index contributed by atoms with van der Waals surface area (Å²) in [6.45, 7) is 0. The number of benzene rings is 15. The van der Waals surface area contributed by atoms with E-state index in [-0.39, 0.29) is 0 Å². The summed E-state index contributed by atoms with van der Waals surface area (Å²) in [5.41, 5.74) is 14.9. The SMILES string of the molecule is c1ccc(-c2cc3ccccc3cc2-c2c3ccccc3c(-c3c4ccccc4c(-c4c5ccccc5c(-c5cc6ccccc6cc5-c5ccccc5)c5ccccc45)c4ccccc34)c3ccccc23)cc1. The Kier molecular flexibility index (Phi) is 9.68. The quantitative estimate of drug-likeness (QED) is 0.146. The van der Waals surface area contributed by atoms with Gasteiger partial charge in [0.2, 0.25) is 0 Å². The highest BCUT2D eigenvalue weighted by Gasteiger charge is 2.26. The molecular formula is C74H46. The summed E-state index contributed by atoms with van der Waals surface area (Å²) < 4.78 is 0. The minimum absolute atomic E-state index is 1.21. The minimum Gasteiger partial charge on any atom is -0.0622 e. The molecule has 0 fully saturated rings. The van der Waals surface area contributed by atoms with Crippen LogP contribution in [0.25, 0.3) is 153 Å². The summed E-state index contributed by atoms with van der Waals surface area (Å²) in [5, 5.41) is 19.8. The van der Waals surface area contributed by atoms with E-state index in [2.05, 4.69) is 279 Å². The third kappa shape index (κ3) is 6.48. The van der Waals surface area contributed by atoms with Gasteiger partial charge in [-0.1, -0.05) is 255 Å². The van der Waals surface area contributed by atoms with Gasteiger partial charge >= 0.3 is 0 Å². The maximum absolute atomic E-state index is 2.42. The van der Waals surface area contributed by atoms with Crippen molar-refractivity contribution in [2.24, 2.45) is 0 Å². The van der Waals surface area contributed by atoms with E-state index in [0.717, 1.165) is 0 Å². The van der Waals surface area contributed by atoms with Crippen LogP contribution >= 0.6 is 0 Å². The summed E-state index contributed by atoms with van der Waals surface area (Å²) in [6, 6.07) is 104. The van der Waals surface area contributed by atoms with Crippen molar-refractivity contribution in [2.75, 3.05) is 0 Å². The second-order valence-electron chi connectivity index (χ2n) is 19.7. The van der Waals surface area contributed by atoms with Gasteiger partial charge in [-0.15, -0.1) is 0 Å². The van der Waals surface area contributed by atoms with Gasteiger partial charge in [0.15, 0.2) is 0 Å². The van der Waals surface area contributed by atoms with Gasteiger partial charge in [-0.25, -0.2) is 0 Å². The van der Waals surface area contributed by atoms with Gasteiger partial charge in [-0.05, 0) is 177 Å². The van der Waals surface area contributed by atoms with Crippen LogP contribution in [0.15, 0.2) is 279 Å². The van der Waals surface area contributed by atoms with Crippen molar-refractivity contribution in [3.05, 3.63) is 279 Å². The van der Waals surface area contributed by atoms with Crippen LogP contribution in [0.2, 0.25) is 0 Å². The Morgan fingerprint density at radius 3 is 0.541 bits per heavy atom. The Bertz CT molecular complexity index is 4280. The van der Waals surface area contributed by atoms with E-state index in [9.17, 15) is 0 Å². The zero-order valence-corrected chi connectivity index (χ0v) is 40.6. The molecule has 0 saturated carbocycles. The molecule has 0 radical (unpaired) electrons. The summed E-state index contributed by atoms with van der Waals surface area (Å²) in [7, 11) is 0. The second-order valence-corrected chi connectivity index (χ2v) is 19.7. The standard InChI is InChI=1S/C74H46/c1-3-23-47(24-4-1)65-43-49-27-7-9-29-51(49)45-67(65)69-53-31-11-15-35-57(53)71(58-36-16-12-32-54(58)69)73-61-39-19-21-41-63(61)74(64-42-22-20-40-62(64)73)72-59-37-17-13-33-55(59)70(56-34-14-18-38-60(56)72)68-46-52-30-10-8-28-50(52)44-66(68)48-25-5-2-6-26-48/h1-46H. The molecule has 0 aliphatic rings. The van der Waals surface area contributed by atoms with Gasteiger partial charge in [0, 0.05) is 0 Å². The highest BCUT2D eigenvalue weighted by atomic mass is 14.3. The monoisotopic (exact) mass is 934 g/mol. The predicted octanol–water partition coefficient (Wildman–Crippen LogP) is 20.9. The van der Waals surface area contributed by atoms with Crippen LogP contribution in [0, 0.1) is 0 Å². The lowest BCUT2D eigenvalue weighted by atomic mass is 9.78. The lowest BCUT2D eigenvalue weighted by Gasteiger charge is -2.25. The van der Waals surface area contributed by atoms with E-state index in [4.69, 9.17) is 0 Å². The Hall–Kier alpha value is -9.62. The molecule has 15 aromatic rings. The number of fused-ring (bicyclic) bond motifs is 8. The first kappa shape index (κ1) is 42.1. The Morgan fingerprint density at radius 2 is 0.311 bits per heavy atom. The van der Waals surface area contributed by atoms with Crippen molar-refractivity contribution < 1.29 is 0 Å². The molecule has 74 heavy (non-hydrogen) atoms. The normalized spacial score (nSPS) is 11.8. The molecular weight excluding hydrogens is 889 g/mol. The smallest absolute Gasteiger partial charge is 0.00139 e. The van der Waals surface area contributed by atoms with Crippen LogP contribution in [0.3, 0.4) is 0 Å². The van der Waals surface area contributed by atoms with Crippen LogP contribution in [0.1, 0.15) is 0 Å². The molecule has 0 atom stereocenters. The van der Waals surface area contributed by atoms with Crippen molar-refractivity contribution in [1.29, 1.82) is 0 Å². The Balaban J connectivity index is 1.05. The van der Waals surface area contributed by atoms with Gasteiger partial charge < -0.3 is 0 Å². The molecule has 0 N–H and O–H groups in total. The highest BCUT2D eigenvalue weighted by Crippen LogP contribution is 2.54. The molecule has 0 nitrogen and oxygen atoms in total. The van der Waals surface area contributed by atoms with E-state index in [1.165, 1.54) is 153 Å². The van der Waals surface area contributed by atoms with E-state index in [1.807, 2.05) is 0 Å². The average Bonchev–Trinajstić information content (AvgIpc) is 3.50. The fourth-order valence-corrected chi connectivity index (χ4v) is 12.7. The van der Waals surface area contributed by atoms with Crippen molar-refractivity contribution in [3.8, 4) is 66.8 Å². The zero-order valence-electron chi connectivity index (χ0n) is 40.6. The second kappa shape index (κ2) is 17.0. The molecule has 0 aromatic heterocycles. The van der Waals surface area contributed by atoms with Gasteiger partial charge in [0.1, 0.15) is 0 Å². The molecule has 0 saturated heterocycles. The third-order valence-corrected chi connectivity index (χ3v) is 15.8. The maximum atomic E-state index is 2.42. The summed E-state index contributed by atoms with van der Waals surface area (Å²) in [6.07, 6.45) is 0. The van der Waals surface area contributed by atoms with E-state index in [0.29, 0.717) is 0 Å². The number of hydrogen-bond donors (Lipinski definition) is 0. The maximum Gasteiger partial charge on any atom is -0.00139 e. The fraction of sp³-hybridized carbons (Fsp3) is 0. The first-order valence-electron chi connectivity index (χ1n) is 25.7. The van der Waals surface area contributed by atoms with Crippen LogP contribution in [-0.4, -0.2) is 0 Å². The Morgan fingerprint density at radius 1 is 0.135 bits per heavy atom. The summed E-state index contributed by atoms with van der Waals surface area (Å²) >= 11 is 0. The van der Waals surface area contributed by atoms with Crippen molar-refractivity contribution in [1.82, 2.24) is 0 Å². The van der Waals surface area contributed by atoms with E-state index >= 15 is 0 Å². The number of rotatable bonds is 6. The topological polar surface area (TPSA) is 0 Å². The van der Waals surface area contributed by atoms with Gasteiger partial charge in [-0.2, -0.15) is 0 Å². The van der Waals surface area contributed by atoms with E-state index < -0.39 is 0 Å². The lowest BCUT2D eigenvalue weighted by Crippen LogP contribution is -1.97. The van der Waals surface area contributed by atoms with Crippen LogP contribution < -0.4 is 0 Å². The molecule has 15 rings (SSSR count).